The Morgan fingerprint density at radius 1 is 1.39 bits per heavy atom. The fourth-order valence-electron chi connectivity index (χ4n) is 2.31. The van der Waals surface area contributed by atoms with Crippen LogP contribution in [0.1, 0.15) is 22.9 Å². The molecule has 1 aromatic carbocycles. The lowest BCUT2D eigenvalue weighted by atomic mass is 10.0. The topological polar surface area (TPSA) is 67.8 Å². The molecule has 0 radical (unpaired) electrons. The van der Waals surface area contributed by atoms with Crippen LogP contribution in [-0.2, 0) is 6.42 Å². The fraction of sp³-hybridized carbons (Fsp3) is 0.214. The summed E-state index contributed by atoms with van der Waals surface area (Å²) in [5.74, 6) is 0.794. The molecule has 92 valence electrons. The van der Waals surface area contributed by atoms with Crippen LogP contribution in [0.4, 0.5) is 0 Å². The Balaban J connectivity index is 1.91. The zero-order valence-electron chi connectivity index (χ0n) is 10.2. The normalized spacial score (nSPS) is 13.0. The lowest BCUT2D eigenvalue weighted by Gasteiger charge is -2.09. The van der Waals surface area contributed by atoms with Crippen molar-refractivity contribution < 1.29 is 4.52 Å². The molecule has 4 heteroatoms. The maximum absolute atomic E-state index is 6.21. The molecule has 0 amide bonds. The predicted molar refractivity (Wildman–Crippen MR) is 70.2 cm³/mol. The molecule has 1 unspecified atom stereocenters. The Morgan fingerprint density at radius 3 is 3.00 bits per heavy atom. The van der Waals surface area contributed by atoms with Crippen LogP contribution < -0.4 is 5.73 Å². The van der Waals surface area contributed by atoms with Crippen LogP contribution in [0.5, 0.6) is 0 Å². The van der Waals surface area contributed by atoms with Crippen LogP contribution in [0.3, 0.4) is 0 Å². The molecule has 4 nitrogen and oxygen atoms in total. The molecule has 0 spiro atoms. The first-order chi connectivity index (χ1) is 8.75. The highest BCUT2D eigenvalue weighted by Gasteiger charge is 2.15. The van der Waals surface area contributed by atoms with Gasteiger partial charge in [-0.3, -0.25) is 0 Å². The molecular weight excluding hydrogens is 226 g/mol. The van der Waals surface area contributed by atoms with E-state index < -0.39 is 0 Å². The van der Waals surface area contributed by atoms with Crippen LogP contribution >= 0.6 is 0 Å². The zero-order valence-corrected chi connectivity index (χ0v) is 10.2. The average Bonchev–Trinajstić information content (AvgIpc) is 2.97. The number of fused-ring (bicyclic) bond motifs is 1. The molecule has 3 N–H and O–H groups in total. The molecule has 2 heterocycles. The Morgan fingerprint density at radius 2 is 2.22 bits per heavy atom. The summed E-state index contributed by atoms with van der Waals surface area (Å²) in [7, 11) is 0. The number of benzene rings is 1. The second kappa shape index (κ2) is 4.31. The number of rotatable bonds is 3. The van der Waals surface area contributed by atoms with Gasteiger partial charge in [-0.2, -0.15) is 0 Å². The Kier molecular flexibility index (Phi) is 2.64. The van der Waals surface area contributed by atoms with Crippen molar-refractivity contribution in [2.45, 2.75) is 19.4 Å². The van der Waals surface area contributed by atoms with E-state index in [1.165, 1.54) is 10.9 Å². The van der Waals surface area contributed by atoms with Gasteiger partial charge in [-0.25, -0.2) is 0 Å². The van der Waals surface area contributed by atoms with E-state index in [-0.39, 0.29) is 6.04 Å². The van der Waals surface area contributed by atoms with E-state index in [1.807, 2.05) is 25.3 Å². The number of aromatic nitrogens is 2. The highest BCUT2D eigenvalue weighted by Crippen LogP contribution is 2.24. The summed E-state index contributed by atoms with van der Waals surface area (Å²) in [6.07, 6.45) is 4.49. The maximum atomic E-state index is 6.21. The van der Waals surface area contributed by atoms with E-state index >= 15 is 0 Å². The van der Waals surface area contributed by atoms with Gasteiger partial charge in [0.15, 0.2) is 0 Å². The number of H-pyrrole nitrogens is 1. The van der Waals surface area contributed by atoms with Crippen LogP contribution in [0.25, 0.3) is 10.9 Å². The van der Waals surface area contributed by atoms with E-state index in [1.54, 1.807) is 6.20 Å². The number of nitrogens with one attached hydrogen (secondary N) is 1. The number of nitrogens with two attached hydrogens (primary N) is 1. The van der Waals surface area contributed by atoms with Crippen LogP contribution in [-0.4, -0.2) is 10.1 Å². The number of nitrogens with zero attached hydrogens (tertiary/aromatic N) is 1. The van der Waals surface area contributed by atoms with Gasteiger partial charge in [0.2, 0.25) is 0 Å². The molecular formula is C14H15N3O. The quantitative estimate of drug-likeness (QED) is 0.740. The molecule has 3 aromatic rings. The second-order valence-corrected chi connectivity index (χ2v) is 4.51. The lowest BCUT2D eigenvalue weighted by molar-refractivity contribution is 0.395. The minimum Gasteiger partial charge on any atom is -0.361 e. The molecule has 1 atom stereocenters. The van der Waals surface area contributed by atoms with Crippen molar-refractivity contribution in [3.8, 4) is 0 Å². The summed E-state index contributed by atoms with van der Waals surface area (Å²) in [6.45, 7) is 1.89. The smallest absolute Gasteiger partial charge is 0.138 e. The largest absolute Gasteiger partial charge is 0.361 e. The standard InChI is InChI=1S/C14H15N3O/c1-9-12(8-17-18-9)13(15)6-10-7-16-14-5-3-2-4-11(10)14/h2-5,7-8,13,16H,6,15H2,1H3. The zero-order chi connectivity index (χ0) is 12.5. The summed E-state index contributed by atoms with van der Waals surface area (Å²) < 4.78 is 5.05. The van der Waals surface area contributed by atoms with Crippen LogP contribution in [0.15, 0.2) is 41.2 Å². The van der Waals surface area contributed by atoms with Gasteiger partial charge in [0, 0.05) is 28.7 Å². The number of aryl methyl sites for hydroxylation is 1. The third kappa shape index (κ3) is 1.80. The van der Waals surface area contributed by atoms with Crippen molar-refractivity contribution in [3.05, 3.63) is 53.5 Å². The fourth-order valence-corrected chi connectivity index (χ4v) is 2.31. The average molecular weight is 241 g/mol. The van der Waals surface area contributed by atoms with Crippen LogP contribution in [0.2, 0.25) is 0 Å². The highest BCUT2D eigenvalue weighted by atomic mass is 16.5. The lowest BCUT2D eigenvalue weighted by Crippen LogP contribution is -2.13. The molecule has 2 aromatic heterocycles. The minimum absolute atomic E-state index is 0.0875. The first-order valence-corrected chi connectivity index (χ1v) is 5.97. The number of aromatic amines is 1. The Hall–Kier alpha value is -2.07. The molecule has 0 bridgehead atoms. The van der Waals surface area contributed by atoms with Gasteiger partial charge < -0.3 is 15.2 Å². The van der Waals surface area contributed by atoms with Crippen molar-refractivity contribution in [2.24, 2.45) is 5.73 Å². The van der Waals surface area contributed by atoms with E-state index in [2.05, 4.69) is 22.3 Å². The summed E-state index contributed by atoms with van der Waals surface area (Å²) in [5.41, 5.74) is 9.54. The molecule has 0 aliphatic rings. The second-order valence-electron chi connectivity index (χ2n) is 4.51. The molecule has 0 aliphatic carbocycles. The third-order valence-corrected chi connectivity index (χ3v) is 3.30. The van der Waals surface area contributed by atoms with Gasteiger partial charge in [0.1, 0.15) is 5.76 Å². The SMILES string of the molecule is Cc1oncc1C(N)Cc1c[nH]c2ccccc12. The number of para-hydroxylation sites is 1. The number of hydrogen-bond acceptors (Lipinski definition) is 3. The molecule has 0 aliphatic heterocycles. The highest BCUT2D eigenvalue weighted by molar-refractivity contribution is 5.83. The molecule has 18 heavy (non-hydrogen) atoms. The third-order valence-electron chi connectivity index (χ3n) is 3.30. The van der Waals surface area contributed by atoms with Gasteiger partial charge in [0.25, 0.3) is 0 Å². The van der Waals surface area contributed by atoms with Gasteiger partial charge in [0.05, 0.1) is 6.20 Å². The monoisotopic (exact) mass is 241 g/mol. The van der Waals surface area contributed by atoms with Gasteiger partial charge in [-0.05, 0) is 25.0 Å². The van der Waals surface area contributed by atoms with Crippen molar-refractivity contribution in [2.75, 3.05) is 0 Å². The molecule has 0 saturated carbocycles. The summed E-state index contributed by atoms with van der Waals surface area (Å²) in [5, 5.41) is 5.00. The van der Waals surface area contributed by atoms with Crippen molar-refractivity contribution >= 4 is 10.9 Å². The van der Waals surface area contributed by atoms with Crippen molar-refractivity contribution in [1.82, 2.24) is 10.1 Å². The first-order valence-electron chi connectivity index (χ1n) is 5.97. The maximum Gasteiger partial charge on any atom is 0.138 e. The molecule has 3 rings (SSSR count). The Bertz CT molecular complexity index is 668. The van der Waals surface area contributed by atoms with E-state index in [4.69, 9.17) is 10.3 Å². The van der Waals surface area contributed by atoms with E-state index in [9.17, 15) is 0 Å². The minimum atomic E-state index is -0.0875. The summed E-state index contributed by atoms with van der Waals surface area (Å²) in [4.78, 5) is 3.26. The van der Waals surface area contributed by atoms with Gasteiger partial charge in [-0.1, -0.05) is 23.4 Å². The van der Waals surface area contributed by atoms with Gasteiger partial charge >= 0.3 is 0 Å². The van der Waals surface area contributed by atoms with E-state index in [0.29, 0.717) is 0 Å². The predicted octanol–water partition coefficient (Wildman–Crippen LogP) is 2.71. The Labute approximate surface area is 105 Å². The van der Waals surface area contributed by atoms with Crippen molar-refractivity contribution in [1.29, 1.82) is 0 Å². The van der Waals surface area contributed by atoms with Crippen LogP contribution in [0, 0.1) is 6.92 Å². The van der Waals surface area contributed by atoms with Gasteiger partial charge in [-0.15, -0.1) is 0 Å². The first kappa shape index (κ1) is 11.0. The number of hydrogen-bond donors (Lipinski definition) is 2. The molecule has 0 fully saturated rings. The summed E-state index contributed by atoms with van der Waals surface area (Å²) in [6, 6.07) is 8.14. The van der Waals surface area contributed by atoms with E-state index in [0.717, 1.165) is 23.3 Å². The molecule has 0 saturated heterocycles. The van der Waals surface area contributed by atoms with Crippen molar-refractivity contribution in [3.63, 3.8) is 0 Å². The summed E-state index contributed by atoms with van der Waals surface area (Å²) >= 11 is 0.